The van der Waals surface area contributed by atoms with Crippen LogP contribution in [0.15, 0.2) is 53.6 Å². The van der Waals surface area contributed by atoms with Crippen molar-refractivity contribution in [1.82, 2.24) is 29.2 Å². The van der Waals surface area contributed by atoms with Crippen LogP contribution >= 0.6 is 0 Å². The van der Waals surface area contributed by atoms with Gasteiger partial charge in [0.05, 0.1) is 6.04 Å². The molecule has 1 saturated heterocycles. The van der Waals surface area contributed by atoms with Gasteiger partial charge < -0.3 is 10.2 Å². The van der Waals surface area contributed by atoms with Gasteiger partial charge in [-0.25, -0.2) is 14.1 Å². The molecule has 10 heteroatoms. The molecule has 1 aromatic carbocycles. The van der Waals surface area contributed by atoms with Crippen LogP contribution in [0.25, 0.3) is 16.7 Å². The summed E-state index contributed by atoms with van der Waals surface area (Å²) in [5, 5.41) is 8.20. The zero-order chi connectivity index (χ0) is 24.5. The number of amides is 1. The number of hydrogen-bond donors (Lipinski definition) is 1. The topological polar surface area (TPSA) is 97.9 Å². The number of carbonyl (C=O) groups is 1. The molecule has 0 bridgehead atoms. The predicted molar refractivity (Wildman–Crippen MR) is 130 cm³/mol. The Morgan fingerprint density at radius 2 is 2.09 bits per heavy atom. The van der Waals surface area contributed by atoms with E-state index in [4.69, 9.17) is 0 Å². The van der Waals surface area contributed by atoms with Gasteiger partial charge in [-0.1, -0.05) is 19.1 Å². The third kappa shape index (κ3) is 4.39. The summed E-state index contributed by atoms with van der Waals surface area (Å²) in [7, 11) is 0. The van der Waals surface area contributed by atoms with E-state index in [1.165, 1.54) is 10.7 Å². The van der Waals surface area contributed by atoms with Gasteiger partial charge in [-0.2, -0.15) is 4.98 Å². The minimum atomic E-state index is -0.383. The molecule has 180 valence electrons. The zero-order valence-electron chi connectivity index (χ0n) is 19.6. The second-order valence-electron chi connectivity index (χ2n) is 8.68. The lowest BCUT2D eigenvalue weighted by atomic mass is 10.0. The molecule has 3 aromatic heterocycles. The van der Waals surface area contributed by atoms with E-state index in [-0.39, 0.29) is 29.3 Å². The van der Waals surface area contributed by atoms with Crippen LogP contribution in [0.1, 0.15) is 37.8 Å². The molecule has 0 unspecified atom stereocenters. The van der Waals surface area contributed by atoms with Gasteiger partial charge in [0.1, 0.15) is 17.2 Å². The Morgan fingerprint density at radius 3 is 2.89 bits per heavy atom. The molecule has 1 amide bonds. The maximum Gasteiger partial charge on any atom is 0.252 e. The van der Waals surface area contributed by atoms with Crippen molar-refractivity contribution in [2.75, 3.05) is 18.4 Å². The third-order valence-corrected chi connectivity index (χ3v) is 6.34. The molecule has 1 aliphatic rings. The molecule has 35 heavy (non-hydrogen) atoms. The van der Waals surface area contributed by atoms with E-state index < -0.39 is 0 Å². The van der Waals surface area contributed by atoms with Crippen LogP contribution in [0.4, 0.5) is 16.2 Å². The van der Waals surface area contributed by atoms with E-state index in [9.17, 15) is 14.0 Å². The fourth-order valence-corrected chi connectivity index (χ4v) is 4.58. The number of benzene rings is 1. The monoisotopic (exact) mass is 475 g/mol. The van der Waals surface area contributed by atoms with Crippen molar-refractivity contribution >= 4 is 28.7 Å². The summed E-state index contributed by atoms with van der Waals surface area (Å²) in [6, 6.07) is 9.49. The van der Waals surface area contributed by atoms with Crippen LogP contribution in [0.3, 0.4) is 0 Å². The molecule has 1 aliphatic heterocycles. The lowest BCUT2D eigenvalue weighted by molar-refractivity contribution is -0.132. The molecule has 0 spiro atoms. The number of para-hydroxylation sites is 1. The number of hydrogen-bond acceptors (Lipinski definition) is 6. The molecule has 1 fully saturated rings. The second kappa shape index (κ2) is 9.28. The first kappa shape index (κ1) is 22.7. The van der Waals surface area contributed by atoms with Gasteiger partial charge >= 0.3 is 0 Å². The number of nitrogens with one attached hydrogen (secondary N) is 1. The van der Waals surface area contributed by atoms with E-state index in [1.54, 1.807) is 47.3 Å². The number of halogens is 1. The molecule has 4 heterocycles. The van der Waals surface area contributed by atoms with Gasteiger partial charge in [0.25, 0.3) is 5.56 Å². The number of rotatable bonds is 5. The molecule has 0 saturated carbocycles. The first-order chi connectivity index (χ1) is 16.9. The Morgan fingerprint density at radius 1 is 1.26 bits per heavy atom. The van der Waals surface area contributed by atoms with E-state index in [0.717, 1.165) is 23.8 Å². The third-order valence-electron chi connectivity index (χ3n) is 6.34. The fourth-order valence-electron chi connectivity index (χ4n) is 4.58. The fraction of sp³-hybridized carbons (Fsp3) is 0.320. The highest BCUT2D eigenvalue weighted by Gasteiger charge is 2.26. The van der Waals surface area contributed by atoms with Crippen LogP contribution in [0.2, 0.25) is 0 Å². The smallest absolute Gasteiger partial charge is 0.252 e. The number of nitrogens with zero attached hydrogens (tertiary/aromatic N) is 6. The normalized spacial score (nSPS) is 16.0. The van der Waals surface area contributed by atoms with E-state index in [1.807, 2.05) is 18.7 Å². The summed E-state index contributed by atoms with van der Waals surface area (Å²) in [4.78, 5) is 36.3. The van der Waals surface area contributed by atoms with Crippen molar-refractivity contribution in [3.05, 3.63) is 70.5 Å². The average molecular weight is 476 g/mol. The Balaban J connectivity index is 1.50. The number of likely N-dealkylation sites (tertiary alicyclic amines) is 1. The minimum absolute atomic E-state index is 0.0848. The molecule has 0 radical (unpaired) electrons. The van der Waals surface area contributed by atoms with Crippen molar-refractivity contribution in [1.29, 1.82) is 0 Å². The van der Waals surface area contributed by atoms with Gasteiger partial charge in [0, 0.05) is 49.4 Å². The van der Waals surface area contributed by atoms with Gasteiger partial charge in [0.15, 0.2) is 5.82 Å². The maximum atomic E-state index is 14.1. The Kier molecular flexibility index (Phi) is 6.02. The molecular formula is C25H26FN7O2. The summed E-state index contributed by atoms with van der Waals surface area (Å²) in [6.07, 6.45) is 5.37. The molecule has 1 N–H and O–H groups in total. The van der Waals surface area contributed by atoms with E-state index >= 15 is 0 Å². The maximum absolute atomic E-state index is 14.1. The number of anilines is 2. The quantitative estimate of drug-likeness (QED) is 0.472. The highest BCUT2D eigenvalue weighted by Crippen LogP contribution is 2.26. The SMILES string of the molecule is CCC(=O)N1CCC[C@@H](n2c(=O)cc(C)c3cnc(Nc4ccn(-c5ccccc5F)n4)nc32)C1. The van der Waals surface area contributed by atoms with Crippen LogP contribution in [0.5, 0.6) is 0 Å². The minimum Gasteiger partial charge on any atom is -0.341 e. The molecule has 4 aromatic rings. The Hall–Kier alpha value is -4.08. The summed E-state index contributed by atoms with van der Waals surface area (Å²) in [6.45, 7) is 4.88. The van der Waals surface area contributed by atoms with E-state index in [2.05, 4.69) is 20.4 Å². The number of piperidine rings is 1. The van der Waals surface area contributed by atoms with Gasteiger partial charge in [0.2, 0.25) is 11.9 Å². The molecular weight excluding hydrogens is 449 g/mol. The Labute approximate surface area is 201 Å². The van der Waals surface area contributed by atoms with E-state index in [0.29, 0.717) is 36.7 Å². The highest BCUT2D eigenvalue weighted by atomic mass is 19.1. The number of carbonyl (C=O) groups excluding carboxylic acids is 1. The van der Waals surface area contributed by atoms with Crippen LogP contribution in [-0.2, 0) is 4.79 Å². The van der Waals surface area contributed by atoms with Gasteiger partial charge in [-0.05, 0) is 37.5 Å². The predicted octanol–water partition coefficient (Wildman–Crippen LogP) is 3.74. The Bertz CT molecular complexity index is 1460. The largest absolute Gasteiger partial charge is 0.341 e. The van der Waals surface area contributed by atoms with Crippen LogP contribution < -0.4 is 10.9 Å². The molecule has 5 rings (SSSR count). The van der Waals surface area contributed by atoms with Crippen molar-refractivity contribution in [2.24, 2.45) is 0 Å². The van der Waals surface area contributed by atoms with Crippen molar-refractivity contribution in [2.45, 2.75) is 39.2 Å². The number of aryl methyl sites for hydroxylation is 1. The van der Waals surface area contributed by atoms with Crippen molar-refractivity contribution in [3.8, 4) is 5.69 Å². The molecule has 0 aliphatic carbocycles. The summed E-state index contributed by atoms with van der Waals surface area (Å²) in [5.41, 5.74) is 1.47. The number of fused-ring (bicyclic) bond motifs is 1. The van der Waals surface area contributed by atoms with Gasteiger partial charge in [-0.3, -0.25) is 14.2 Å². The first-order valence-electron chi connectivity index (χ1n) is 11.7. The molecule has 9 nitrogen and oxygen atoms in total. The number of pyridine rings is 1. The first-order valence-corrected chi connectivity index (χ1v) is 11.7. The second-order valence-corrected chi connectivity index (χ2v) is 8.68. The standard InChI is InChI=1S/C25H26FN7O2/c1-3-22(34)31-11-6-7-17(15-31)33-23(35)13-16(2)18-14-27-25(29-24(18)33)28-21-10-12-32(30-21)20-9-5-4-8-19(20)26/h4-5,8-10,12-14,17H,3,6-7,11,15H2,1-2H3,(H,27,28,29,30)/t17-/m1/s1. The van der Waals surface area contributed by atoms with Crippen molar-refractivity contribution < 1.29 is 9.18 Å². The zero-order valence-corrected chi connectivity index (χ0v) is 19.6. The van der Waals surface area contributed by atoms with Gasteiger partial charge in [-0.15, -0.1) is 5.10 Å². The van der Waals surface area contributed by atoms with Crippen molar-refractivity contribution in [3.63, 3.8) is 0 Å². The average Bonchev–Trinajstić information content (AvgIpc) is 3.32. The summed E-state index contributed by atoms with van der Waals surface area (Å²) < 4.78 is 17.2. The van der Waals surface area contributed by atoms with Crippen LogP contribution in [-0.4, -0.2) is 48.2 Å². The lowest BCUT2D eigenvalue weighted by Crippen LogP contribution is -2.42. The lowest BCUT2D eigenvalue weighted by Gasteiger charge is -2.34. The molecule has 1 atom stereocenters. The summed E-state index contributed by atoms with van der Waals surface area (Å²) in [5.74, 6) is 0.409. The van der Waals surface area contributed by atoms with Crippen LogP contribution in [0, 0.1) is 12.7 Å². The number of aromatic nitrogens is 5. The summed E-state index contributed by atoms with van der Waals surface area (Å²) >= 11 is 0. The highest BCUT2D eigenvalue weighted by molar-refractivity contribution is 5.79.